The molecule has 2 bridgehead atoms. The molecule has 0 amide bonds. The number of ether oxygens (including phenoxy) is 2. The number of aromatic nitrogens is 4. The highest BCUT2D eigenvalue weighted by atomic mass is 28.3. The van der Waals surface area contributed by atoms with Crippen LogP contribution in [0.5, 0.6) is 0 Å². The third-order valence-electron chi connectivity index (χ3n) is 10.2. The van der Waals surface area contributed by atoms with E-state index in [1.54, 1.807) is 0 Å². The first-order valence-corrected chi connectivity index (χ1v) is 25.6. The number of rotatable bonds is 15. The molecule has 0 unspecified atom stereocenters. The van der Waals surface area contributed by atoms with Crippen molar-refractivity contribution in [2.75, 3.05) is 31.6 Å². The highest BCUT2D eigenvalue weighted by Crippen LogP contribution is 2.49. The van der Waals surface area contributed by atoms with Crippen LogP contribution in [0.3, 0.4) is 0 Å². The van der Waals surface area contributed by atoms with Crippen molar-refractivity contribution in [1.29, 1.82) is 5.26 Å². The summed E-state index contributed by atoms with van der Waals surface area (Å²) in [5, 5.41) is 15.2. The second-order valence-corrected chi connectivity index (χ2v) is 27.9. The van der Waals surface area contributed by atoms with E-state index in [1.807, 2.05) is 35.1 Å². The van der Waals surface area contributed by atoms with Crippen LogP contribution in [-0.2, 0) is 15.9 Å². The largest absolute Gasteiger partial charge is 0.361 e. The maximum Gasteiger partial charge on any atom is 0.165 e. The molecule has 260 valence electrons. The van der Waals surface area contributed by atoms with Gasteiger partial charge in [0.2, 0.25) is 0 Å². The van der Waals surface area contributed by atoms with Crippen LogP contribution in [0.1, 0.15) is 49.3 Å². The van der Waals surface area contributed by atoms with E-state index in [1.165, 1.54) is 19.3 Å². The SMILES string of the molecule is C[Si](C)(C)CCOCN(COCC[Si](C)(C)C)c1c(CC#N)c([C@H]2C[C@@H]3CC[C@@H](C3)C2)nc2c(-c3ccc(-c4ccccc4)nc3)cnn12. The number of pyridine rings is 1. The summed E-state index contributed by atoms with van der Waals surface area (Å²) >= 11 is 0. The third kappa shape index (κ3) is 8.87. The minimum Gasteiger partial charge on any atom is -0.361 e. The molecule has 1 aromatic carbocycles. The Bertz CT molecular complexity index is 1710. The van der Waals surface area contributed by atoms with E-state index in [9.17, 15) is 5.26 Å². The second-order valence-electron chi connectivity index (χ2n) is 16.7. The van der Waals surface area contributed by atoms with Crippen LogP contribution in [0.15, 0.2) is 54.9 Å². The summed E-state index contributed by atoms with van der Waals surface area (Å²) in [5.41, 5.74) is 6.76. The van der Waals surface area contributed by atoms with Gasteiger partial charge in [0.25, 0.3) is 0 Å². The number of nitriles is 1. The molecule has 0 spiro atoms. The summed E-state index contributed by atoms with van der Waals surface area (Å²) < 4.78 is 14.8. The molecule has 49 heavy (non-hydrogen) atoms. The number of nitrogens with zero attached hydrogens (tertiary/aromatic N) is 6. The van der Waals surface area contributed by atoms with Crippen LogP contribution >= 0.6 is 0 Å². The predicted molar refractivity (Wildman–Crippen MR) is 204 cm³/mol. The maximum absolute atomic E-state index is 10.3. The highest BCUT2D eigenvalue weighted by Gasteiger charge is 2.37. The zero-order chi connectivity index (χ0) is 34.6. The molecule has 0 saturated heterocycles. The summed E-state index contributed by atoms with van der Waals surface area (Å²) in [5.74, 6) is 2.68. The molecule has 2 saturated carbocycles. The van der Waals surface area contributed by atoms with Crippen molar-refractivity contribution >= 4 is 27.6 Å². The van der Waals surface area contributed by atoms with Gasteiger partial charge in [-0.05, 0) is 49.3 Å². The molecular formula is C39H54N6O2Si2. The van der Waals surface area contributed by atoms with E-state index in [2.05, 4.69) is 74.5 Å². The first kappa shape index (κ1) is 35.5. The normalized spacial score (nSPS) is 19.3. The van der Waals surface area contributed by atoms with Gasteiger partial charge in [-0.3, -0.25) is 4.98 Å². The highest BCUT2D eigenvalue weighted by molar-refractivity contribution is 6.76. The van der Waals surface area contributed by atoms with Gasteiger partial charge in [0.1, 0.15) is 19.3 Å². The Hall–Kier alpha value is -3.37. The number of hydrogen-bond donors (Lipinski definition) is 0. The Morgan fingerprint density at radius 2 is 1.49 bits per heavy atom. The van der Waals surface area contributed by atoms with Gasteiger partial charge in [-0.2, -0.15) is 14.9 Å². The Kier molecular flexibility index (Phi) is 11.0. The molecule has 0 radical (unpaired) electrons. The molecule has 3 aromatic heterocycles. The van der Waals surface area contributed by atoms with E-state index in [4.69, 9.17) is 24.5 Å². The maximum atomic E-state index is 10.3. The van der Waals surface area contributed by atoms with Gasteiger partial charge in [-0.1, -0.05) is 88.5 Å². The van der Waals surface area contributed by atoms with E-state index in [-0.39, 0.29) is 6.42 Å². The monoisotopic (exact) mass is 694 g/mol. The van der Waals surface area contributed by atoms with Gasteiger partial charge in [0.15, 0.2) is 5.65 Å². The van der Waals surface area contributed by atoms with Crippen LogP contribution in [-0.4, -0.2) is 62.4 Å². The number of fused-ring (bicyclic) bond motifs is 3. The van der Waals surface area contributed by atoms with Crippen molar-refractivity contribution in [2.45, 2.75) is 95.8 Å². The summed E-state index contributed by atoms with van der Waals surface area (Å²) in [6, 6.07) is 19.1. The molecule has 2 fully saturated rings. The molecule has 3 atom stereocenters. The van der Waals surface area contributed by atoms with Gasteiger partial charge in [-0.25, -0.2) is 4.98 Å². The molecular weight excluding hydrogens is 641 g/mol. The summed E-state index contributed by atoms with van der Waals surface area (Å²) in [4.78, 5) is 12.5. The molecule has 6 rings (SSSR count). The molecule has 0 N–H and O–H groups in total. The van der Waals surface area contributed by atoms with Crippen molar-refractivity contribution < 1.29 is 9.47 Å². The Labute approximate surface area is 294 Å². The number of anilines is 1. The molecule has 2 aliphatic rings. The van der Waals surface area contributed by atoms with Crippen LogP contribution in [0.4, 0.5) is 5.82 Å². The molecule has 10 heteroatoms. The quantitative estimate of drug-likeness (QED) is 0.0696. The van der Waals surface area contributed by atoms with Crippen LogP contribution < -0.4 is 4.90 Å². The lowest BCUT2D eigenvalue weighted by atomic mass is 9.78. The molecule has 0 aliphatic heterocycles. The van der Waals surface area contributed by atoms with Gasteiger partial charge in [-0.15, -0.1) is 0 Å². The van der Waals surface area contributed by atoms with E-state index in [0.717, 1.165) is 81.9 Å². The Morgan fingerprint density at radius 3 is 2.06 bits per heavy atom. The Balaban J connectivity index is 1.44. The molecule has 3 heterocycles. The first-order chi connectivity index (χ1) is 23.5. The fourth-order valence-electron chi connectivity index (χ4n) is 7.47. The lowest BCUT2D eigenvalue weighted by molar-refractivity contribution is 0.0940. The van der Waals surface area contributed by atoms with E-state index >= 15 is 0 Å². The molecule has 8 nitrogen and oxygen atoms in total. The fourth-order valence-corrected chi connectivity index (χ4v) is 8.99. The van der Waals surface area contributed by atoms with Crippen LogP contribution in [0.2, 0.25) is 51.4 Å². The fraction of sp³-hybridized carbons (Fsp3) is 0.538. The average Bonchev–Trinajstić information content (AvgIpc) is 3.65. The smallest absolute Gasteiger partial charge is 0.165 e. The summed E-state index contributed by atoms with van der Waals surface area (Å²) in [6.07, 6.45) is 10.3. The van der Waals surface area contributed by atoms with Crippen molar-refractivity contribution in [2.24, 2.45) is 11.8 Å². The summed E-state index contributed by atoms with van der Waals surface area (Å²) in [7, 11) is -2.55. The van der Waals surface area contributed by atoms with E-state index < -0.39 is 16.1 Å². The molecule has 2 aliphatic carbocycles. The lowest BCUT2D eigenvalue weighted by Crippen LogP contribution is -2.34. The zero-order valence-electron chi connectivity index (χ0n) is 30.4. The van der Waals surface area contributed by atoms with Gasteiger partial charge in [0.05, 0.1) is 30.1 Å². The zero-order valence-corrected chi connectivity index (χ0v) is 32.4. The standard InChI is InChI=1S/C39H54N6O2Si2/c1-48(2,3)20-18-46-27-44(28-47-19-21-49(4,5)6)39-34(16-17-40)37(33-23-29-12-13-30(22-29)24-33)43-38-35(26-42-45(38)39)32-14-15-36(41-25-32)31-10-8-7-9-11-31/h7-11,14-15,25-26,29-30,33H,12-13,16,18-24,27-28H2,1-6H3/t29-,30+,33+. The minimum atomic E-state index is -1.27. The second kappa shape index (κ2) is 15.3. The number of hydrogen-bond acceptors (Lipinski definition) is 7. The topological polar surface area (TPSA) is 88.6 Å². The first-order valence-electron chi connectivity index (χ1n) is 18.2. The third-order valence-corrected chi connectivity index (χ3v) is 13.6. The Morgan fingerprint density at radius 1 is 0.837 bits per heavy atom. The van der Waals surface area contributed by atoms with Crippen molar-refractivity contribution in [3.8, 4) is 28.5 Å². The van der Waals surface area contributed by atoms with Crippen molar-refractivity contribution in [3.05, 3.63) is 66.1 Å². The van der Waals surface area contributed by atoms with Crippen LogP contribution in [0.25, 0.3) is 28.0 Å². The summed E-state index contributed by atoms with van der Waals surface area (Å²) in [6.45, 7) is 16.4. The van der Waals surface area contributed by atoms with Gasteiger partial charge < -0.3 is 14.4 Å². The van der Waals surface area contributed by atoms with Gasteiger partial charge >= 0.3 is 0 Å². The van der Waals surface area contributed by atoms with Crippen molar-refractivity contribution in [3.63, 3.8) is 0 Å². The number of benzene rings is 1. The van der Waals surface area contributed by atoms with Gasteiger partial charge in [0, 0.05) is 63.7 Å². The van der Waals surface area contributed by atoms with Crippen molar-refractivity contribution in [1.82, 2.24) is 19.6 Å². The van der Waals surface area contributed by atoms with Crippen LogP contribution in [0, 0.1) is 23.2 Å². The van der Waals surface area contributed by atoms with E-state index in [0.29, 0.717) is 32.6 Å². The minimum absolute atomic E-state index is 0.266. The average molecular weight is 695 g/mol. The predicted octanol–water partition coefficient (Wildman–Crippen LogP) is 9.25. The lowest BCUT2D eigenvalue weighted by Gasteiger charge is -2.32. The molecule has 4 aromatic rings.